The van der Waals surface area contributed by atoms with Crippen LogP contribution in [0.1, 0.15) is 78.9 Å². The minimum atomic E-state index is -0.817. The maximum atomic E-state index is 16.2. The van der Waals surface area contributed by atoms with Crippen LogP contribution in [0.25, 0.3) is 0 Å². The highest BCUT2D eigenvalue weighted by Gasteiger charge is 2.63. The summed E-state index contributed by atoms with van der Waals surface area (Å²) in [5.74, 6) is -1.91. The maximum Gasteiger partial charge on any atom is 0.255 e. The van der Waals surface area contributed by atoms with Crippen LogP contribution in [-0.4, -0.2) is 97.5 Å². The van der Waals surface area contributed by atoms with E-state index >= 15 is 4.39 Å². The number of anilines is 3. The molecule has 6 aliphatic rings. The Hall–Kier alpha value is -5.24. The van der Waals surface area contributed by atoms with Gasteiger partial charge in [0.2, 0.25) is 17.7 Å². The largest absolute Gasteiger partial charge is 0.503 e. The number of phenolic OH excluding ortho intramolecular Hbond substituents is 1. The molecule has 9 rings (SSSR count). The Kier molecular flexibility index (Phi) is 9.57. The normalized spacial score (nSPS) is 24.0. The third kappa shape index (κ3) is 6.36. The molecule has 300 valence electrons. The summed E-state index contributed by atoms with van der Waals surface area (Å²) in [6.45, 7) is 6.23. The monoisotopic (exact) mass is 782 g/mol. The summed E-state index contributed by atoms with van der Waals surface area (Å²) < 4.78 is 36.5. The fourth-order valence-corrected chi connectivity index (χ4v) is 10.4. The first-order valence-corrected chi connectivity index (χ1v) is 20.2. The van der Waals surface area contributed by atoms with Crippen LogP contribution in [0, 0.1) is 23.0 Å². The number of piperidine rings is 2. The van der Waals surface area contributed by atoms with Gasteiger partial charge < -0.3 is 24.5 Å². The fraction of sp³-hybridized carbons (Fsp3) is 0.488. The lowest BCUT2D eigenvalue weighted by atomic mass is 9.66. The highest BCUT2D eigenvalue weighted by atomic mass is 19.1. The SMILES string of the molecule is COc1cc(N2CCC(CN3CCN(c4ccc5c(c4)CN([C@H]4CCC(=O)NC4=O)C5=O)CC3)CC2)c(F)cc1[C@@H]1N(c2cccc(F)c2O)C(=O)C12CCCC2. The maximum absolute atomic E-state index is 16.2. The molecule has 0 unspecified atom stereocenters. The van der Waals surface area contributed by atoms with Gasteiger partial charge in [0.25, 0.3) is 5.91 Å². The molecule has 0 aromatic heterocycles. The molecule has 3 aromatic rings. The number of ether oxygens (including phenoxy) is 1. The lowest BCUT2D eigenvalue weighted by Gasteiger charge is -2.55. The van der Waals surface area contributed by atoms with Gasteiger partial charge >= 0.3 is 0 Å². The molecule has 4 amide bonds. The molecule has 2 N–H and O–H groups in total. The van der Waals surface area contributed by atoms with E-state index in [4.69, 9.17) is 4.74 Å². The number of nitrogens with zero attached hydrogens (tertiary/aromatic N) is 5. The van der Waals surface area contributed by atoms with E-state index in [9.17, 15) is 28.7 Å². The molecule has 0 bridgehead atoms. The van der Waals surface area contributed by atoms with E-state index in [0.29, 0.717) is 67.4 Å². The zero-order chi connectivity index (χ0) is 39.6. The smallest absolute Gasteiger partial charge is 0.255 e. The summed E-state index contributed by atoms with van der Waals surface area (Å²) in [5.41, 5.74) is 2.91. The number of para-hydroxylation sites is 1. The Labute approximate surface area is 330 Å². The first-order valence-electron chi connectivity index (χ1n) is 20.2. The molecule has 0 radical (unpaired) electrons. The average Bonchev–Trinajstić information content (AvgIpc) is 3.85. The summed E-state index contributed by atoms with van der Waals surface area (Å²) in [5, 5.41) is 13.0. The number of methoxy groups -OCH3 is 1. The van der Waals surface area contributed by atoms with Gasteiger partial charge in [0, 0.05) is 81.7 Å². The molecule has 5 aliphatic heterocycles. The molecular formula is C43H48F2N6O6. The summed E-state index contributed by atoms with van der Waals surface area (Å²) >= 11 is 0. The molecule has 5 heterocycles. The van der Waals surface area contributed by atoms with Crippen molar-refractivity contribution in [1.82, 2.24) is 15.1 Å². The molecule has 1 aliphatic carbocycles. The van der Waals surface area contributed by atoms with Crippen molar-refractivity contribution in [3.63, 3.8) is 0 Å². The first kappa shape index (κ1) is 37.3. The van der Waals surface area contributed by atoms with Crippen LogP contribution < -0.4 is 24.8 Å². The standard InChI is InChI=1S/C43H48F2N6O6/c1-57-36-23-35(32(45)22-30(36)39-43(13-2-3-14-43)42(56)51(39)33-6-4-5-31(44)38(33)53)49-15-11-26(12-16-49)24-47-17-19-48(20-18-47)28-7-8-29-27(21-28)25-50(41(29)55)34-9-10-37(52)46-40(34)54/h4-8,21-23,26,34,39,53H,2-3,9-20,24-25H2,1H3,(H,46,52,54)/t34-,39-/m0/s1. The number of rotatable bonds is 8. The van der Waals surface area contributed by atoms with Gasteiger partial charge in [0.05, 0.1) is 29.9 Å². The van der Waals surface area contributed by atoms with Crippen molar-refractivity contribution in [2.24, 2.45) is 11.3 Å². The molecular weight excluding hydrogens is 735 g/mol. The van der Waals surface area contributed by atoms with Crippen LogP contribution in [0.2, 0.25) is 0 Å². The van der Waals surface area contributed by atoms with Crippen molar-refractivity contribution in [2.75, 3.05) is 67.6 Å². The zero-order valence-corrected chi connectivity index (χ0v) is 32.1. The van der Waals surface area contributed by atoms with Gasteiger partial charge in [-0.3, -0.25) is 34.3 Å². The molecule has 1 spiro atoms. The number of imide groups is 1. The van der Waals surface area contributed by atoms with Crippen molar-refractivity contribution in [3.05, 3.63) is 76.9 Å². The molecule has 2 atom stereocenters. The van der Waals surface area contributed by atoms with Crippen molar-refractivity contribution in [2.45, 2.75) is 70.0 Å². The van der Waals surface area contributed by atoms with E-state index in [2.05, 4.69) is 26.1 Å². The number of piperazine rings is 1. The Morgan fingerprint density at radius 3 is 2.33 bits per heavy atom. The van der Waals surface area contributed by atoms with Crippen LogP contribution in [0.15, 0.2) is 48.5 Å². The van der Waals surface area contributed by atoms with E-state index in [1.807, 2.05) is 12.1 Å². The third-order valence-electron chi connectivity index (χ3n) is 13.5. The number of hydrogen-bond donors (Lipinski definition) is 2. The van der Waals surface area contributed by atoms with E-state index < -0.39 is 40.8 Å². The van der Waals surface area contributed by atoms with Crippen LogP contribution >= 0.6 is 0 Å². The number of benzene rings is 3. The van der Waals surface area contributed by atoms with E-state index in [1.165, 1.54) is 23.1 Å². The Morgan fingerprint density at radius 1 is 0.860 bits per heavy atom. The van der Waals surface area contributed by atoms with Gasteiger partial charge in [-0.15, -0.1) is 0 Å². The summed E-state index contributed by atoms with van der Waals surface area (Å²) in [4.78, 5) is 60.9. The van der Waals surface area contributed by atoms with E-state index in [-0.39, 0.29) is 29.8 Å². The number of amides is 4. The third-order valence-corrected chi connectivity index (χ3v) is 13.5. The van der Waals surface area contributed by atoms with Gasteiger partial charge in [-0.05, 0) is 80.0 Å². The number of carbonyl (C=O) groups is 4. The van der Waals surface area contributed by atoms with Crippen molar-refractivity contribution >= 4 is 40.7 Å². The number of phenols is 1. The predicted octanol–water partition coefficient (Wildman–Crippen LogP) is 5.13. The second-order valence-electron chi connectivity index (χ2n) is 16.6. The summed E-state index contributed by atoms with van der Waals surface area (Å²) in [6, 6.07) is 12.0. The first-order chi connectivity index (χ1) is 27.6. The predicted molar refractivity (Wildman–Crippen MR) is 208 cm³/mol. The quantitative estimate of drug-likeness (QED) is 0.237. The molecule has 3 aromatic carbocycles. The number of fused-ring (bicyclic) bond motifs is 1. The number of β-lactam (4-membered cyclic amide) rings is 1. The lowest BCUT2D eigenvalue weighted by Crippen LogP contribution is -2.62. The molecule has 4 saturated heterocycles. The average molecular weight is 783 g/mol. The topological polar surface area (TPSA) is 126 Å². The van der Waals surface area contributed by atoms with Gasteiger partial charge in [0.1, 0.15) is 17.6 Å². The molecule has 12 nitrogen and oxygen atoms in total. The highest BCUT2D eigenvalue weighted by Crippen LogP contribution is 2.62. The van der Waals surface area contributed by atoms with Crippen molar-refractivity contribution in [1.29, 1.82) is 0 Å². The van der Waals surface area contributed by atoms with Gasteiger partial charge in [-0.2, -0.15) is 0 Å². The number of hydrogen-bond acceptors (Lipinski definition) is 9. The van der Waals surface area contributed by atoms with Gasteiger partial charge in [0.15, 0.2) is 11.6 Å². The number of halogens is 2. The van der Waals surface area contributed by atoms with Gasteiger partial charge in [-0.25, -0.2) is 8.78 Å². The van der Waals surface area contributed by atoms with Crippen LogP contribution in [0.5, 0.6) is 11.5 Å². The zero-order valence-electron chi connectivity index (χ0n) is 32.1. The Morgan fingerprint density at radius 2 is 1.61 bits per heavy atom. The second kappa shape index (κ2) is 14.6. The second-order valence-corrected chi connectivity index (χ2v) is 16.6. The number of nitrogens with one attached hydrogen (secondary N) is 1. The van der Waals surface area contributed by atoms with E-state index in [0.717, 1.165) is 75.7 Å². The summed E-state index contributed by atoms with van der Waals surface area (Å²) in [7, 11) is 1.54. The van der Waals surface area contributed by atoms with Gasteiger partial charge in [-0.1, -0.05) is 18.9 Å². The molecule has 14 heteroatoms. The number of aromatic hydroxyl groups is 1. The highest BCUT2D eigenvalue weighted by molar-refractivity contribution is 6.08. The minimum absolute atomic E-state index is 0.0820. The van der Waals surface area contributed by atoms with Crippen LogP contribution in [0.3, 0.4) is 0 Å². The number of carbonyl (C=O) groups excluding carboxylic acids is 4. The van der Waals surface area contributed by atoms with E-state index in [1.54, 1.807) is 18.1 Å². The van der Waals surface area contributed by atoms with Crippen LogP contribution in [0.4, 0.5) is 25.8 Å². The molecule has 5 fully saturated rings. The molecule has 1 saturated carbocycles. The molecule has 57 heavy (non-hydrogen) atoms. The fourth-order valence-electron chi connectivity index (χ4n) is 10.4. The van der Waals surface area contributed by atoms with Crippen molar-refractivity contribution in [3.8, 4) is 11.5 Å². The summed E-state index contributed by atoms with van der Waals surface area (Å²) in [6.07, 6.45) is 5.42. The lowest BCUT2D eigenvalue weighted by molar-refractivity contribution is -0.140. The van der Waals surface area contributed by atoms with Crippen LogP contribution in [-0.2, 0) is 20.9 Å². The Balaban J connectivity index is 0.815. The van der Waals surface area contributed by atoms with Crippen molar-refractivity contribution < 1.29 is 37.8 Å². The Bertz CT molecular complexity index is 2130. The minimum Gasteiger partial charge on any atom is -0.503 e.